The second-order valence-electron chi connectivity index (χ2n) is 2.76. The van der Waals surface area contributed by atoms with Crippen LogP contribution in [0.4, 0.5) is 0 Å². The molecule has 3 nitrogen and oxygen atoms in total. The third kappa shape index (κ3) is 5.18. The molecule has 0 saturated carbocycles. The average Bonchev–Trinajstić information content (AvgIpc) is 2.03. The Labute approximate surface area is 69.5 Å². The van der Waals surface area contributed by atoms with Crippen LogP contribution in [0.15, 0.2) is 0 Å². The lowest BCUT2D eigenvalue weighted by Gasteiger charge is -2.22. The summed E-state index contributed by atoms with van der Waals surface area (Å²) in [5.74, 6) is 0. The predicted molar refractivity (Wildman–Crippen MR) is 47.6 cm³/mol. The van der Waals surface area contributed by atoms with Crippen LogP contribution in [-0.4, -0.2) is 44.3 Å². The summed E-state index contributed by atoms with van der Waals surface area (Å²) < 4.78 is 5.22. The van der Waals surface area contributed by atoms with Crippen LogP contribution < -0.4 is 5.73 Å². The molecule has 11 heavy (non-hydrogen) atoms. The van der Waals surface area contributed by atoms with Crippen molar-refractivity contribution >= 4 is 0 Å². The minimum Gasteiger partial charge on any atom is -0.380 e. The average molecular weight is 160 g/mol. The maximum absolute atomic E-state index is 5.49. The zero-order valence-corrected chi connectivity index (χ0v) is 7.84. The Kier molecular flexibility index (Phi) is 6.51. The molecule has 0 fully saturated rings. The van der Waals surface area contributed by atoms with Crippen LogP contribution in [0.2, 0.25) is 0 Å². The standard InChI is InChI=1S/C8H20N2O/c1-4-11-6-5-10(3)8(2)7-9/h8H,4-7,9H2,1-3H3. The van der Waals surface area contributed by atoms with E-state index in [2.05, 4.69) is 18.9 Å². The highest BCUT2D eigenvalue weighted by Gasteiger charge is 2.04. The molecule has 0 aliphatic carbocycles. The second-order valence-corrected chi connectivity index (χ2v) is 2.76. The molecule has 0 saturated heterocycles. The number of nitrogens with zero attached hydrogens (tertiary/aromatic N) is 1. The van der Waals surface area contributed by atoms with Gasteiger partial charge in [-0.3, -0.25) is 0 Å². The lowest BCUT2D eigenvalue weighted by atomic mass is 10.3. The Morgan fingerprint density at radius 2 is 2.18 bits per heavy atom. The van der Waals surface area contributed by atoms with Crippen molar-refractivity contribution in [3.05, 3.63) is 0 Å². The largest absolute Gasteiger partial charge is 0.380 e. The van der Waals surface area contributed by atoms with Crippen molar-refractivity contribution in [1.29, 1.82) is 0 Å². The molecule has 0 aromatic heterocycles. The van der Waals surface area contributed by atoms with Gasteiger partial charge in [-0.1, -0.05) is 0 Å². The van der Waals surface area contributed by atoms with E-state index in [9.17, 15) is 0 Å². The summed E-state index contributed by atoms with van der Waals surface area (Å²) in [5, 5.41) is 0. The van der Waals surface area contributed by atoms with Crippen molar-refractivity contribution in [2.45, 2.75) is 19.9 Å². The molecule has 68 valence electrons. The summed E-state index contributed by atoms with van der Waals surface area (Å²) in [4.78, 5) is 2.20. The number of rotatable bonds is 6. The lowest BCUT2D eigenvalue weighted by molar-refractivity contribution is 0.111. The van der Waals surface area contributed by atoms with Gasteiger partial charge in [0.15, 0.2) is 0 Å². The number of ether oxygens (including phenoxy) is 1. The Bertz CT molecular complexity index is 88.2. The van der Waals surface area contributed by atoms with Crippen LogP contribution in [0.25, 0.3) is 0 Å². The highest BCUT2D eigenvalue weighted by atomic mass is 16.5. The lowest BCUT2D eigenvalue weighted by Crippen LogP contribution is -2.37. The van der Waals surface area contributed by atoms with Crippen LogP contribution in [0.5, 0.6) is 0 Å². The zero-order chi connectivity index (χ0) is 8.69. The SMILES string of the molecule is CCOCCN(C)C(C)CN. The summed E-state index contributed by atoms with van der Waals surface area (Å²) in [6, 6.07) is 0.454. The molecular formula is C8H20N2O. The highest BCUT2D eigenvalue weighted by molar-refractivity contribution is 4.62. The van der Waals surface area contributed by atoms with E-state index < -0.39 is 0 Å². The Hall–Kier alpha value is -0.120. The van der Waals surface area contributed by atoms with Gasteiger partial charge in [0.2, 0.25) is 0 Å². The first-order valence-electron chi connectivity index (χ1n) is 4.20. The fourth-order valence-electron chi connectivity index (χ4n) is 0.753. The Balaban J connectivity index is 3.28. The number of likely N-dealkylation sites (N-methyl/N-ethyl adjacent to an activating group) is 1. The van der Waals surface area contributed by atoms with Gasteiger partial charge in [-0.2, -0.15) is 0 Å². The molecule has 0 bridgehead atoms. The van der Waals surface area contributed by atoms with Gasteiger partial charge in [0.05, 0.1) is 6.61 Å². The molecule has 1 atom stereocenters. The first kappa shape index (κ1) is 10.9. The molecule has 0 rings (SSSR count). The molecule has 2 N–H and O–H groups in total. The first-order chi connectivity index (χ1) is 5.22. The molecular weight excluding hydrogens is 140 g/mol. The molecule has 3 heteroatoms. The van der Waals surface area contributed by atoms with E-state index in [1.165, 1.54) is 0 Å². The fourth-order valence-corrected chi connectivity index (χ4v) is 0.753. The van der Waals surface area contributed by atoms with Crippen LogP contribution in [0.3, 0.4) is 0 Å². The molecule has 0 aromatic carbocycles. The Morgan fingerprint density at radius 1 is 1.55 bits per heavy atom. The normalized spacial score (nSPS) is 13.9. The monoisotopic (exact) mass is 160 g/mol. The minimum atomic E-state index is 0.454. The molecule has 1 unspecified atom stereocenters. The van der Waals surface area contributed by atoms with Crippen LogP contribution in [0, 0.1) is 0 Å². The van der Waals surface area contributed by atoms with E-state index in [0.29, 0.717) is 12.6 Å². The van der Waals surface area contributed by atoms with E-state index in [1.54, 1.807) is 0 Å². The molecule has 0 heterocycles. The topological polar surface area (TPSA) is 38.5 Å². The van der Waals surface area contributed by atoms with Crippen molar-refractivity contribution in [2.24, 2.45) is 5.73 Å². The van der Waals surface area contributed by atoms with Gasteiger partial charge < -0.3 is 15.4 Å². The summed E-state index contributed by atoms with van der Waals surface area (Å²) in [6.45, 7) is 7.40. The Morgan fingerprint density at radius 3 is 2.64 bits per heavy atom. The maximum Gasteiger partial charge on any atom is 0.0593 e. The predicted octanol–water partition coefficient (Wildman–Crippen LogP) is 0.302. The fraction of sp³-hybridized carbons (Fsp3) is 1.00. The smallest absolute Gasteiger partial charge is 0.0593 e. The number of hydrogen-bond acceptors (Lipinski definition) is 3. The molecule has 0 aliphatic heterocycles. The van der Waals surface area contributed by atoms with E-state index >= 15 is 0 Å². The van der Waals surface area contributed by atoms with Crippen molar-refractivity contribution in [3.8, 4) is 0 Å². The van der Waals surface area contributed by atoms with Gasteiger partial charge >= 0.3 is 0 Å². The van der Waals surface area contributed by atoms with Crippen molar-refractivity contribution in [2.75, 3.05) is 33.4 Å². The molecule has 0 aliphatic rings. The summed E-state index contributed by atoms with van der Waals surface area (Å²) >= 11 is 0. The summed E-state index contributed by atoms with van der Waals surface area (Å²) in [6.07, 6.45) is 0. The molecule has 0 radical (unpaired) electrons. The quantitative estimate of drug-likeness (QED) is 0.568. The molecule has 0 aromatic rings. The van der Waals surface area contributed by atoms with E-state index in [0.717, 1.165) is 19.8 Å². The second kappa shape index (κ2) is 6.58. The minimum absolute atomic E-state index is 0.454. The molecule has 0 spiro atoms. The number of hydrogen-bond donors (Lipinski definition) is 1. The van der Waals surface area contributed by atoms with Gasteiger partial charge in [-0.25, -0.2) is 0 Å². The van der Waals surface area contributed by atoms with Crippen LogP contribution in [-0.2, 0) is 4.74 Å². The van der Waals surface area contributed by atoms with Gasteiger partial charge in [0.1, 0.15) is 0 Å². The van der Waals surface area contributed by atoms with Crippen LogP contribution in [0.1, 0.15) is 13.8 Å². The van der Waals surface area contributed by atoms with Crippen molar-refractivity contribution < 1.29 is 4.74 Å². The van der Waals surface area contributed by atoms with Gasteiger partial charge in [0, 0.05) is 25.7 Å². The highest BCUT2D eigenvalue weighted by Crippen LogP contribution is 1.91. The number of nitrogens with two attached hydrogens (primary N) is 1. The van der Waals surface area contributed by atoms with Gasteiger partial charge in [-0.15, -0.1) is 0 Å². The van der Waals surface area contributed by atoms with Crippen LogP contribution >= 0.6 is 0 Å². The molecule has 0 amide bonds. The summed E-state index contributed by atoms with van der Waals surface area (Å²) in [5.41, 5.74) is 5.49. The van der Waals surface area contributed by atoms with Crippen molar-refractivity contribution in [3.63, 3.8) is 0 Å². The van der Waals surface area contributed by atoms with E-state index in [1.807, 2.05) is 6.92 Å². The third-order valence-corrected chi connectivity index (χ3v) is 1.89. The van der Waals surface area contributed by atoms with Gasteiger partial charge in [-0.05, 0) is 20.9 Å². The first-order valence-corrected chi connectivity index (χ1v) is 4.20. The van der Waals surface area contributed by atoms with E-state index in [4.69, 9.17) is 10.5 Å². The zero-order valence-electron chi connectivity index (χ0n) is 7.84. The van der Waals surface area contributed by atoms with E-state index in [-0.39, 0.29) is 0 Å². The maximum atomic E-state index is 5.49. The summed E-state index contributed by atoms with van der Waals surface area (Å²) in [7, 11) is 2.07. The van der Waals surface area contributed by atoms with Crippen molar-refractivity contribution in [1.82, 2.24) is 4.90 Å². The third-order valence-electron chi connectivity index (χ3n) is 1.89. The van der Waals surface area contributed by atoms with Gasteiger partial charge in [0.25, 0.3) is 0 Å².